The summed E-state index contributed by atoms with van der Waals surface area (Å²) in [5.74, 6) is 0.763. The quantitative estimate of drug-likeness (QED) is 0.547. The van der Waals surface area contributed by atoms with Crippen molar-refractivity contribution in [1.29, 1.82) is 0 Å². The van der Waals surface area contributed by atoms with Gasteiger partial charge in [-0.25, -0.2) is 0 Å². The molecule has 29 heavy (non-hydrogen) atoms. The number of ether oxygens (including phenoxy) is 1. The van der Waals surface area contributed by atoms with Crippen LogP contribution in [0.5, 0.6) is 5.75 Å². The minimum Gasteiger partial charge on any atom is -0.494 e. The van der Waals surface area contributed by atoms with Gasteiger partial charge in [0.05, 0.1) is 12.4 Å². The van der Waals surface area contributed by atoms with E-state index < -0.39 is 0 Å². The third-order valence-electron chi connectivity index (χ3n) is 3.78. The lowest BCUT2D eigenvalue weighted by Crippen LogP contribution is -2.18. The topological polar surface area (TPSA) is 106 Å². The summed E-state index contributed by atoms with van der Waals surface area (Å²) in [5, 5.41) is 13.6. The molecule has 0 radical (unpaired) electrons. The fourth-order valence-electron chi connectivity index (χ4n) is 2.45. The van der Waals surface area contributed by atoms with Crippen LogP contribution in [0.15, 0.2) is 58.2 Å². The number of nitrogens with zero attached hydrogens (tertiary/aromatic N) is 2. The van der Waals surface area contributed by atoms with Gasteiger partial charge in [-0.1, -0.05) is 17.8 Å². The van der Waals surface area contributed by atoms with E-state index in [0.29, 0.717) is 29.0 Å². The summed E-state index contributed by atoms with van der Waals surface area (Å²) in [6, 6.07) is 14.0. The van der Waals surface area contributed by atoms with Crippen molar-refractivity contribution in [2.75, 3.05) is 24.7 Å². The molecule has 1 heterocycles. The molecule has 2 aromatic carbocycles. The second-order valence-corrected chi connectivity index (χ2v) is 6.75. The minimum atomic E-state index is -0.245. The van der Waals surface area contributed by atoms with Gasteiger partial charge in [0.1, 0.15) is 5.75 Å². The zero-order chi connectivity index (χ0) is 20.6. The maximum Gasteiger partial charge on any atom is 0.277 e. The summed E-state index contributed by atoms with van der Waals surface area (Å²) in [4.78, 5) is 23.8. The summed E-state index contributed by atoms with van der Waals surface area (Å²) in [7, 11) is 1.55. The molecule has 0 fully saturated rings. The van der Waals surface area contributed by atoms with Gasteiger partial charge in [0.25, 0.3) is 11.1 Å². The fraction of sp³-hybridized carbons (Fsp3) is 0.200. The molecule has 0 aliphatic heterocycles. The summed E-state index contributed by atoms with van der Waals surface area (Å²) in [6.07, 6.45) is 0. The number of carbonyl (C=O) groups is 2. The Hall–Kier alpha value is -3.33. The molecular weight excluding hydrogens is 392 g/mol. The third kappa shape index (κ3) is 5.58. The van der Waals surface area contributed by atoms with Crippen molar-refractivity contribution < 1.29 is 18.7 Å². The smallest absolute Gasteiger partial charge is 0.277 e. The monoisotopic (exact) mass is 412 g/mol. The summed E-state index contributed by atoms with van der Waals surface area (Å²) < 4.78 is 11.0. The number of hydrogen-bond donors (Lipinski definition) is 2. The molecule has 0 aliphatic rings. The molecule has 2 amide bonds. The molecule has 0 spiro atoms. The number of rotatable bonds is 8. The number of carbonyl (C=O) groups excluding carboxylic acids is 2. The number of thioether (sulfide) groups is 1. The second-order valence-electron chi connectivity index (χ2n) is 5.83. The van der Waals surface area contributed by atoms with Crippen LogP contribution >= 0.6 is 11.8 Å². The van der Waals surface area contributed by atoms with Crippen molar-refractivity contribution in [2.45, 2.75) is 12.1 Å². The molecular formula is C20H20N4O4S. The largest absolute Gasteiger partial charge is 0.494 e. The van der Waals surface area contributed by atoms with Crippen molar-refractivity contribution in [2.24, 2.45) is 0 Å². The SMILES string of the molecule is CCOc1ccc(-c2nnc(SCC(=O)Nc3cccc(C(=O)NC)c3)o2)cc1. The number of benzene rings is 2. The number of amides is 2. The first kappa shape index (κ1) is 20.4. The molecule has 0 bridgehead atoms. The Morgan fingerprint density at radius 3 is 2.66 bits per heavy atom. The number of hydrogen-bond acceptors (Lipinski definition) is 7. The van der Waals surface area contributed by atoms with Gasteiger partial charge < -0.3 is 19.8 Å². The Balaban J connectivity index is 1.55. The predicted molar refractivity (Wildman–Crippen MR) is 110 cm³/mol. The molecule has 0 unspecified atom stereocenters. The van der Waals surface area contributed by atoms with Crippen LogP contribution in [0.2, 0.25) is 0 Å². The molecule has 0 saturated carbocycles. The zero-order valence-corrected chi connectivity index (χ0v) is 16.8. The van der Waals surface area contributed by atoms with E-state index in [2.05, 4.69) is 20.8 Å². The van der Waals surface area contributed by atoms with Gasteiger partial charge in [-0.15, -0.1) is 10.2 Å². The standard InChI is InChI=1S/C20H20N4O4S/c1-3-27-16-9-7-13(8-10-16)19-23-24-20(28-19)29-12-17(25)22-15-6-4-5-14(11-15)18(26)21-2/h4-11H,3,12H2,1-2H3,(H,21,26)(H,22,25). The molecule has 0 atom stereocenters. The second kappa shape index (κ2) is 9.74. The molecule has 8 nitrogen and oxygen atoms in total. The maximum atomic E-state index is 12.2. The average Bonchev–Trinajstić information content (AvgIpc) is 3.22. The van der Waals surface area contributed by atoms with Crippen molar-refractivity contribution in [3.05, 3.63) is 54.1 Å². The summed E-state index contributed by atoms with van der Waals surface area (Å²) in [6.45, 7) is 2.52. The van der Waals surface area contributed by atoms with Crippen LogP contribution in [0.1, 0.15) is 17.3 Å². The molecule has 0 saturated heterocycles. The van der Waals surface area contributed by atoms with E-state index in [-0.39, 0.29) is 17.6 Å². The Bertz CT molecular complexity index is 988. The minimum absolute atomic E-state index is 0.0924. The van der Waals surface area contributed by atoms with Crippen LogP contribution in [-0.2, 0) is 4.79 Å². The first-order valence-corrected chi connectivity index (χ1v) is 9.89. The van der Waals surface area contributed by atoms with Crippen LogP contribution in [0.3, 0.4) is 0 Å². The molecule has 9 heteroatoms. The van der Waals surface area contributed by atoms with E-state index in [0.717, 1.165) is 23.1 Å². The highest BCUT2D eigenvalue weighted by molar-refractivity contribution is 7.99. The summed E-state index contributed by atoms with van der Waals surface area (Å²) in [5.41, 5.74) is 1.77. The highest BCUT2D eigenvalue weighted by Gasteiger charge is 2.12. The van der Waals surface area contributed by atoms with Crippen molar-refractivity contribution in [3.63, 3.8) is 0 Å². The van der Waals surface area contributed by atoms with Gasteiger partial charge in [0.15, 0.2) is 0 Å². The molecule has 0 aliphatic carbocycles. The highest BCUT2D eigenvalue weighted by atomic mass is 32.2. The lowest BCUT2D eigenvalue weighted by Gasteiger charge is -2.06. The van der Waals surface area contributed by atoms with Crippen molar-refractivity contribution in [1.82, 2.24) is 15.5 Å². The van der Waals surface area contributed by atoms with E-state index in [1.54, 1.807) is 31.3 Å². The van der Waals surface area contributed by atoms with Crippen LogP contribution < -0.4 is 15.4 Å². The summed E-state index contributed by atoms with van der Waals surface area (Å²) >= 11 is 1.13. The normalized spacial score (nSPS) is 10.4. The van der Waals surface area contributed by atoms with E-state index in [1.807, 2.05) is 31.2 Å². The van der Waals surface area contributed by atoms with Gasteiger partial charge in [0, 0.05) is 23.9 Å². The van der Waals surface area contributed by atoms with E-state index in [1.165, 1.54) is 0 Å². The Labute approximate surface area is 172 Å². The molecule has 150 valence electrons. The van der Waals surface area contributed by atoms with Crippen LogP contribution in [0, 0.1) is 0 Å². The van der Waals surface area contributed by atoms with E-state index in [9.17, 15) is 9.59 Å². The van der Waals surface area contributed by atoms with Gasteiger partial charge in [-0.2, -0.15) is 0 Å². The lowest BCUT2D eigenvalue weighted by molar-refractivity contribution is -0.113. The van der Waals surface area contributed by atoms with Gasteiger partial charge in [0.2, 0.25) is 11.8 Å². The van der Waals surface area contributed by atoms with Crippen LogP contribution in [0.25, 0.3) is 11.5 Å². The zero-order valence-electron chi connectivity index (χ0n) is 16.0. The Morgan fingerprint density at radius 1 is 1.14 bits per heavy atom. The first-order valence-electron chi connectivity index (χ1n) is 8.90. The predicted octanol–water partition coefficient (Wildman–Crippen LogP) is 3.23. The Morgan fingerprint density at radius 2 is 1.93 bits per heavy atom. The van der Waals surface area contributed by atoms with Gasteiger partial charge in [-0.05, 0) is 49.4 Å². The lowest BCUT2D eigenvalue weighted by atomic mass is 10.2. The maximum absolute atomic E-state index is 12.2. The van der Waals surface area contributed by atoms with E-state index >= 15 is 0 Å². The fourth-order valence-corrected chi connectivity index (χ4v) is 3.02. The molecule has 1 aromatic heterocycles. The number of nitrogens with one attached hydrogen (secondary N) is 2. The molecule has 2 N–H and O–H groups in total. The van der Waals surface area contributed by atoms with Crippen LogP contribution in [-0.4, -0.2) is 41.4 Å². The number of aromatic nitrogens is 2. The van der Waals surface area contributed by atoms with Crippen molar-refractivity contribution in [3.8, 4) is 17.2 Å². The van der Waals surface area contributed by atoms with Crippen molar-refractivity contribution >= 4 is 29.3 Å². The average molecular weight is 412 g/mol. The highest BCUT2D eigenvalue weighted by Crippen LogP contribution is 2.25. The Kier molecular flexibility index (Phi) is 6.85. The first-order chi connectivity index (χ1) is 14.1. The third-order valence-corrected chi connectivity index (χ3v) is 4.60. The number of anilines is 1. The van der Waals surface area contributed by atoms with Gasteiger partial charge >= 0.3 is 0 Å². The van der Waals surface area contributed by atoms with Gasteiger partial charge in [-0.3, -0.25) is 9.59 Å². The van der Waals surface area contributed by atoms with E-state index in [4.69, 9.17) is 9.15 Å². The molecule has 3 aromatic rings. The molecule has 3 rings (SSSR count). The van der Waals surface area contributed by atoms with Crippen LogP contribution in [0.4, 0.5) is 5.69 Å².